The van der Waals surface area contributed by atoms with Crippen LogP contribution in [0.5, 0.6) is 0 Å². The second-order valence-corrected chi connectivity index (χ2v) is 9.46. The van der Waals surface area contributed by atoms with Crippen molar-refractivity contribution in [1.82, 2.24) is 4.90 Å². The second-order valence-electron chi connectivity index (χ2n) is 7.49. The molecular weight excluding hydrogens is 372 g/mol. The van der Waals surface area contributed by atoms with Gasteiger partial charge in [-0.3, -0.25) is 9.10 Å². The predicted molar refractivity (Wildman–Crippen MR) is 112 cm³/mol. The summed E-state index contributed by atoms with van der Waals surface area (Å²) in [5.74, 6) is 0.0283. The van der Waals surface area contributed by atoms with Crippen molar-refractivity contribution >= 4 is 21.6 Å². The molecular formula is C22H28N2O3S. The van der Waals surface area contributed by atoms with E-state index in [1.165, 1.54) is 17.1 Å². The number of likely N-dealkylation sites (tertiary alicyclic amines) is 1. The zero-order valence-electron chi connectivity index (χ0n) is 16.8. The minimum atomic E-state index is -3.65. The molecule has 3 rings (SSSR count). The predicted octanol–water partition coefficient (Wildman–Crippen LogP) is 4.14. The number of benzene rings is 2. The first kappa shape index (κ1) is 20.4. The van der Waals surface area contributed by atoms with E-state index in [0.29, 0.717) is 11.3 Å². The van der Waals surface area contributed by atoms with Crippen molar-refractivity contribution in [2.24, 2.45) is 0 Å². The quantitative estimate of drug-likeness (QED) is 0.775. The van der Waals surface area contributed by atoms with Gasteiger partial charge in [0.2, 0.25) is 0 Å². The molecule has 28 heavy (non-hydrogen) atoms. The van der Waals surface area contributed by atoms with Crippen LogP contribution in [0.15, 0.2) is 47.4 Å². The first-order valence-corrected chi connectivity index (χ1v) is 11.2. The van der Waals surface area contributed by atoms with Gasteiger partial charge in [-0.2, -0.15) is 0 Å². The van der Waals surface area contributed by atoms with E-state index in [1.54, 1.807) is 49.5 Å². The lowest BCUT2D eigenvalue weighted by Gasteiger charge is -2.24. The van der Waals surface area contributed by atoms with Gasteiger partial charge in [-0.25, -0.2) is 8.42 Å². The molecule has 2 aromatic carbocycles. The maximum atomic E-state index is 13.0. The Bertz CT molecular complexity index is 944. The third-order valence-corrected chi connectivity index (χ3v) is 7.14. The largest absolute Gasteiger partial charge is 0.339 e. The Morgan fingerprint density at radius 3 is 2.11 bits per heavy atom. The van der Waals surface area contributed by atoms with Crippen molar-refractivity contribution < 1.29 is 13.2 Å². The number of aryl methyl sites for hydroxylation is 2. The molecule has 0 bridgehead atoms. The highest BCUT2D eigenvalue weighted by Gasteiger charge is 2.24. The Balaban J connectivity index is 1.85. The summed E-state index contributed by atoms with van der Waals surface area (Å²) in [6.07, 6.45) is 4.42. The molecule has 0 saturated carbocycles. The van der Waals surface area contributed by atoms with Gasteiger partial charge in [0.15, 0.2) is 0 Å². The van der Waals surface area contributed by atoms with E-state index in [-0.39, 0.29) is 10.8 Å². The van der Waals surface area contributed by atoms with Crippen LogP contribution in [0.25, 0.3) is 0 Å². The number of nitrogens with zero attached hydrogens (tertiary/aromatic N) is 2. The van der Waals surface area contributed by atoms with Crippen LogP contribution in [0.3, 0.4) is 0 Å². The molecule has 0 aliphatic carbocycles. The molecule has 150 valence electrons. The molecule has 1 aliphatic heterocycles. The zero-order valence-corrected chi connectivity index (χ0v) is 17.6. The molecule has 6 heteroatoms. The van der Waals surface area contributed by atoms with Gasteiger partial charge in [-0.15, -0.1) is 0 Å². The summed E-state index contributed by atoms with van der Waals surface area (Å²) in [7, 11) is -2.10. The van der Waals surface area contributed by atoms with Crippen LogP contribution in [0.4, 0.5) is 5.69 Å². The molecule has 1 fully saturated rings. The van der Waals surface area contributed by atoms with Crippen LogP contribution in [0.2, 0.25) is 0 Å². The number of carbonyl (C=O) groups is 1. The van der Waals surface area contributed by atoms with Crippen molar-refractivity contribution in [2.75, 3.05) is 24.4 Å². The Labute approximate surface area is 168 Å². The van der Waals surface area contributed by atoms with E-state index in [2.05, 4.69) is 0 Å². The summed E-state index contributed by atoms with van der Waals surface area (Å²) in [5, 5.41) is 0. The van der Waals surface area contributed by atoms with E-state index in [4.69, 9.17) is 0 Å². The molecule has 1 heterocycles. The normalized spacial score (nSPS) is 15.2. The summed E-state index contributed by atoms with van der Waals surface area (Å²) in [6.45, 7) is 5.35. The summed E-state index contributed by atoms with van der Waals surface area (Å²) >= 11 is 0. The Morgan fingerprint density at radius 2 is 1.54 bits per heavy atom. The first-order valence-electron chi connectivity index (χ1n) is 9.76. The van der Waals surface area contributed by atoms with Gasteiger partial charge in [-0.1, -0.05) is 30.5 Å². The van der Waals surface area contributed by atoms with Crippen LogP contribution < -0.4 is 4.31 Å². The van der Waals surface area contributed by atoms with Crippen molar-refractivity contribution in [3.63, 3.8) is 0 Å². The highest BCUT2D eigenvalue weighted by atomic mass is 32.2. The molecule has 0 unspecified atom stereocenters. The van der Waals surface area contributed by atoms with Crippen molar-refractivity contribution in [2.45, 2.75) is 44.4 Å². The van der Waals surface area contributed by atoms with Gasteiger partial charge in [0.05, 0.1) is 10.6 Å². The summed E-state index contributed by atoms with van der Waals surface area (Å²) < 4.78 is 27.2. The van der Waals surface area contributed by atoms with Crippen LogP contribution in [-0.2, 0) is 10.0 Å². The number of hydrogen-bond acceptors (Lipinski definition) is 3. The summed E-state index contributed by atoms with van der Waals surface area (Å²) in [6, 6.07) is 12.1. The van der Waals surface area contributed by atoms with Crippen molar-refractivity contribution in [1.29, 1.82) is 0 Å². The maximum Gasteiger partial charge on any atom is 0.264 e. The van der Waals surface area contributed by atoms with E-state index in [9.17, 15) is 13.2 Å². The number of carbonyl (C=O) groups excluding carboxylic acids is 1. The molecule has 0 radical (unpaired) electrons. The van der Waals surface area contributed by atoms with E-state index >= 15 is 0 Å². The number of sulfonamides is 1. The molecule has 1 saturated heterocycles. The topological polar surface area (TPSA) is 57.7 Å². The zero-order chi connectivity index (χ0) is 20.3. The molecule has 2 aromatic rings. The lowest BCUT2D eigenvalue weighted by molar-refractivity contribution is 0.0761. The monoisotopic (exact) mass is 400 g/mol. The number of anilines is 1. The molecule has 1 aliphatic rings. The average molecular weight is 401 g/mol. The molecule has 5 nitrogen and oxygen atoms in total. The maximum absolute atomic E-state index is 13.0. The number of hydrogen-bond donors (Lipinski definition) is 0. The fourth-order valence-electron chi connectivity index (χ4n) is 3.60. The Hall–Kier alpha value is -2.34. The lowest BCUT2D eigenvalue weighted by atomic mass is 10.1. The third-order valence-electron chi connectivity index (χ3n) is 5.36. The summed E-state index contributed by atoms with van der Waals surface area (Å²) in [4.78, 5) is 15.0. The van der Waals surface area contributed by atoms with Gasteiger partial charge in [0, 0.05) is 25.7 Å². The molecule has 0 atom stereocenters. The summed E-state index contributed by atoms with van der Waals surface area (Å²) in [5.41, 5.74) is 2.96. The Morgan fingerprint density at radius 1 is 0.929 bits per heavy atom. The number of amides is 1. The van der Waals surface area contributed by atoms with Gasteiger partial charge >= 0.3 is 0 Å². The van der Waals surface area contributed by atoms with Crippen LogP contribution in [0, 0.1) is 13.8 Å². The molecule has 1 amide bonds. The van der Waals surface area contributed by atoms with E-state index in [1.807, 2.05) is 18.7 Å². The highest BCUT2D eigenvalue weighted by Crippen LogP contribution is 2.27. The van der Waals surface area contributed by atoms with Crippen molar-refractivity contribution in [3.05, 3.63) is 59.2 Å². The van der Waals surface area contributed by atoms with Crippen LogP contribution in [-0.4, -0.2) is 39.4 Å². The highest BCUT2D eigenvalue weighted by molar-refractivity contribution is 7.92. The van der Waals surface area contributed by atoms with Gasteiger partial charge in [0.25, 0.3) is 15.9 Å². The minimum absolute atomic E-state index is 0.0283. The van der Waals surface area contributed by atoms with Crippen molar-refractivity contribution in [3.8, 4) is 0 Å². The fraction of sp³-hybridized carbons (Fsp3) is 0.409. The molecule has 0 aromatic heterocycles. The molecule has 0 spiro atoms. The smallest absolute Gasteiger partial charge is 0.264 e. The Kier molecular flexibility index (Phi) is 6.08. The van der Waals surface area contributed by atoms with E-state index in [0.717, 1.165) is 37.1 Å². The van der Waals surface area contributed by atoms with Crippen LogP contribution in [0.1, 0.15) is 47.2 Å². The van der Waals surface area contributed by atoms with E-state index < -0.39 is 10.0 Å². The van der Waals surface area contributed by atoms with Gasteiger partial charge in [0.1, 0.15) is 0 Å². The van der Waals surface area contributed by atoms with Crippen LogP contribution >= 0.6 is 0 Å². The number of rotatable bonds is 4. The standard InChI is InChI=1S/C22H28N2O3S/c1-17-8-11-20(12-9-17)28(26,27)23(3)21-13-10-19(16-18(21)2)22(25)24-14-6-4-5-7-15-24/h8-13,16H,4-7,14-15H2,1-3H3. The SMILES string of the molecule is Cc1ccc(S(=O)(=O)N(C)c2ccc(C(=O)N3CCCCCC3)cc2C)cc1. The van der Waals surface area contributed by atoms with Gasteiger partial charge < -0.3 is 4.90 Å². The van der Waals surface area contributed by atoms with Gasteiger partial charge in [-0.05, 0) is 62.6 Å². The first-order chi connectivity index (χ1) is 13.3. The average Bonchev–Trinajstić information content (AvgIpc) is 2.96. The molecule has 0 N–H and O–H groups in total. The minimum Gasteiger partial charge on any atom is -0.339 e. The third kappa shape index (κ3) is 4.22. The second kappa shape index (κ2) is 8.35. The fourth-order valence-corrected chi connectivity index (χ4v) is 4.86. The lowest BCUT2D eigenvalue weighted by Crippen LogP contribution is -2.32.